The summed E-state index contributed by atoms with van der Waals surface area (Å²) in [5.74, 6) is -0.390. The molecular formula is C19H15FIN3O4. The normalized spacial score (nSPS) is 10.7. The van der Waals surface area contributed by atoms with Gasteiger partial charge in [-0.2, -0.15) is 5.26 Å². The van der Waals surface area contributed by atoms with Crippen LogP contribution in [0.3, 0.4) is 0 Å². The standard InChI is InChI=1S/C19H15FIN3O4/c1-27-16-8-12(6-13(9-22)18(25)24-19(23)26)7-15(21)17(16)28-10-11-2-4-14(20)5-3-11/h2-8H,10H2,1H3,(H3,23,24,25,26)/b13-6-. The minimum atomic E-state index is -1.05. The van der Waals surface area contributed by atoms with Gasteiger partial charge in [0.05, 0.1) is 10.7 Å². The average Bonchev–Trinajstić information content (AvgIpc) is 2.65. The lowest BCUT2D eigenvalue weighted by molar-refractivity contribution is -0.115. The summed E-state index contributed by atoms with van der Waals surface area (Å²) in [7, 11) is 1.45. The first-order chi connectivity index (χ1) is 13.3. The Morgan fingerprint density at radius 2 is 2.00 bits per heavy atom. The van der Waals surface area contributed by atoms with Crippen LogP contribution in [0.2, 0.25) is 0 Å². The van der Waals surface area contributed by atoms with Gasteiger partial charge in [-0.25, -0.2) is 9.18 Å². The molecule has 0 aliphatic rings. The third-order valence-electron chi connectivity index (χ3n) is 3.46. The summed E-state index contributed by atoms with van der Waals surface area (Å²) in [6.45, 7) is 0.201. The lowest BCUT2D eigenvalue weighted by Crippen LogP contribution is -2.35. The number of halogens is 2. The predicted octanol–water partition coefficient (Wildman–Crippen LogP) is 3.12. The van der Waals surface area contributed by atoms with E-state index in [-0.39, 0.29) is 18.0 Å². The number of carbonyl (C=O) groups is 2. The minimum Gasteiger partial charge on any atom is -0.493 e. The molecule has 0 atom stereocenters. The fourth-order valence-electron chi connectivity index (χ4n) is 2.19. The number of urea groups is 1. The highest BCUT2D eigenvalue weighted by molar-refractivity contribution is 14.1. The number of hydrogen-bond donors (Lipinski definition) is 2. The van der Waals surface area contributed by atoms with Crippen LogP contribution < -0.4 is 20.5 Å². The zero-order valence-corrected chi connectivity index (χ0v) is 16.8. The first-order valence-corrected chi connectivity index (χ1v) is 8.89. The molecule has 2 aromatic rings. The molecule has 0 heterocycles. The Balaban J connectivity index is 2.28. The molecule has 0 saturated carbocycles. The molecule has 0 bridgehead atoms. The quantitative estimate of drug-likeness (QED) is 0.363. The number of carbonyl (C=O) groups excluding carboxylic acids is 2. The van der Waals surface area contributed by atoms with Crippen molar-refractivity contribution in [1.82, 2.24) is 5.32 Å². The molecule has 0 saturated heterocycles. The Bertz CT molecular complexity index is 968. The van der Waals surface area contributed by atoms with Crippen LogP contribution in [0.4, 0.5) is 9.18 Å². The molecule has 144 valence electrons. The molecule has 28 heavy (non-hydrogen) atoms. The lowest BCUT2D eigenvalue weighted by Gasteiger charge is -2.14. The number of benzene rings is 2. The molecule has 2 aromatic carbocycles. The van der Waals surface area contributed by atoms with Gasteiger partial charge in [-0.15, -0.1) is 0 Å². The number of amides is 3. The van der Waals surface area contributed by atoms with E-state index in [1.54, 1.807) is 30.3 Å². The van der Waals surface area contributed by atoms with Crippen molar-refractivity contribution < 1.29 is 23.5 Å². The van der Waals surface area contributed by atoms with Gasteiger partial charge in [0.15, 0.2) is 11.5 Å². The fraction of sp³-hybridized carbons (Fsp3) is 0.105. The number of methoxy groups -OCH3 is 1. The second-order valence-electron chi connectivity index (χ2n) is 5.44. The molecule has 3 amide bonds. The van der Waals surface area contributed by atoms with Gasteiger partial charge in [0.1, 0.15) is 24.1 Å². The van der Waals surface area contributed by atoms with Gasteiger partial charge in [-0.05, 0) is 64.1 Å². The van der Waals surface area contributed by atoms with Crippen LogP contribution in [0.25, 0.3) is 6.08 Å². The minimum absolute atomic E-state index is 0.201. The van der Waals surface area contributed by atoms with Gasteiger partial charge in [-0.3, -0.25) is 10.1 Å². The summed E-state index contributed by atoms with van der Waals surface area (Å²) in [6, 6.07) is 9.83. The number of hydrogen-bond acceptors (Lipinski definition) is 5. The summed E-state index contributed by atoms with van der Waals surface area (Å²) in [6.07, 6.45) is 1.30. The molecule has 2 rings (SSSR count). The number of rotatable bonds is 6. The largest absolute Gasteiger partial charge is 0.493 e. The number of nitriles is 1. The summed E-state index contributed by atoms with van der Waals surface area (Å²) in [5, 5.41) is 11.0. The molecule has 0 radical (unpaired) electrons. The van der Waals surface area contributed by atoms with Crippen molar-refractivity contribution in [2.75, 3.05) is 7.11 Å². The average molecular weight is 495 g/mol. The molecule has 0 aromatic heterocycles. The van der Waals surface area contributed by atoms with Gasteiger partial charge in [0.25, 0.3) is 5.91 Å². The maximum atomic E-state index is 13.0. The Hall–Kier alpha value is -3.13. The van der Waals surface area contributed by atoms with Crippen molar-refractivity contribution in [1.29, 1.82) is 5.26 Å². The van der Waals surface area contributed by atoms with Crippen molar-refractivity contribution in [3.05, 3.63) is 62.5 Å². The van der Waals surface area contributed by atoms with Gasteiger partial charge >= 0.3 is 6.03 Å². The number of nitrogens with one attached hydrogen (secondary N) is 1. The highest BCUT2D eigenvalue weighted by Crippen LogP contribution is 2.35. The van der Waals surface area contributed by atoms with Crippen LogP contribution >= 0.6 is 22.6 Å². The van der Waals surface area contributed by atoms with E-state index in [1.165, 1.54) is 25.3 Å². The molecule has 7 nitrogen and oxygen atoms in total. The molecule has 9 heteroatoms. The molecular weight excluding hydrogens is 480 g/mol. The highest BCUT2D eigenvalue weighted by atomic mass is 127. The molecule has 3 N–H and O–H groups in total. The maximum absolute atomic E-state index is 13.0. The van der Waals surface area contributed by atoms with Gasteiger partial charge in [0.2, 0.25) is 0 Å². The topological polar surface area (TPSA) is 114 Å². The Labute approximate surface area is 174 Å². The summed E-state index contributed by atoms with van der Waals surface area (Å²) < 4.78 is 24.8. The Kier molecular flexibility index (Phi) is 7.34. The summed E-state index contributed by atoms with van der Waals surface area (Å²) >= 11 is 2.03. The summed E-state index contributed by atoms with van der Waals surface area (Å²) in [4.78, 5) is 22.6. The highest BCUT2D eigenvalue weighted by Gasteiger charge is 2.15. The SMILES string of the molecule is COc1cc(/C=C(/C#N)C(=O)NC(N)=O)cc(I)c1OCc1ccc(F)cc1. The Morgan fingerprint density at radius 3 is 2.57 bits per heavy atom. The van der Waals surface area contributed by atoms with E-state index >= 15 is 0 Å². The van der Waals surface area contributed by atoms with Crippen molar-refractivity contribution in [2.24, 2.45) is 5.73 Å². The summed E-state index contributed by atoms with van der Waals surface area (Å²) in [5.41, 5.74) is 5.87. The fourth-order valence-corrected chi connectivity index (χ4v) is 2.97. The van der Waals surface area contributed by atoms with E-state index in [1.807, 2.05) is 27.9 Å². The molecule has 0 fully saturated rings. The van der Waals surface area contributed by atoms with Crippen LogP contribution in [0.1, 0.15) is 11.1 Å². The third kappa shape index (κ3) is 5.68. The predicted molar refractivity (Wildman–Crippen MR) is 108 cm³/mol. The number of imide groups is 1. The molecule has 0 spiro atoms. The van der Waals surface area contributed by atoms with Crippen molar-refractivity contribution >= 4 is 40.6 Å². The van der Waals surface area contributed by atoms with Crippen LogP contribution in [0.15, 0.2) is 42.0 Å². The van der Waals surface area contributed by atoms with E-state index in [9.17, 15) is 14.0 Å². The Morgan fingerprint density at radius 1 is 1.32 bits per heavy atom. The molecule has 0 aliphatic carbocycles. The lowest BCUT2D eigenvalue weighted by atomic mass is 10.1. The van der Waals surface area contributed by atoms with Gasteiger partial charge < -0.3 is 15.2 Å². The zero-order chi connectivity index (χ0) is 20.7. The number of nitrogens with zero attached hydrogens (tertiary/aromatic N) is 1. The number of ether oxygens (including phenoxy) is 2. The van der Waals surface area contributed by atoms with E-state index < -0.39 is 11.9 Å². The van der Waals surface area contributed by atoms with Crippen LogP contribution in [-0.4, -0.2) is 19.0 Å². The number of nitrogens with two attached hydrogens (primary N) is 1. The monoisotopic (exact) mass is 495 g/mol. The maximum Gasteiger partial charge on any atom is 0.319 e. The van der Waals surface area contributed by atoms with Crippen LogP contribution in [0.5, 0.6) is 11.5 Å². The van der Waals surface area contributed by atoms with E-state index in [4.69, 9.17) is 20.5 Å². The smallest absolute Gasteiger partial charge is 0.319 e. The van der Waals surface area contributed by atoms with Crippen LogP contribution in [0, 0.1) is 20.7 Å². The van der Waals surface area contributed by atoms with Crippen molar-refractivity contribution in [2.45, 2.75) is 6.61 Å². The second kappa shape index (κ2) is 9.70. The first kappa shape index (κ1) is 21.2. The van der Waals surface area contributed by atoms with Crippen LogP contribution in [-0.2, 0) is 11.4 Å². The van der Waals surface area contributed by atoms with Crippen molar-refractivity contribution in [3.8, 4) is 17.6 Å². The van der Waals surface area contributed by atoms with Crippen molar-refractivity contribution in [3.63, 3.8) is 0 Å². The second-order valence-corrected chi connectivity index (χ2v) is 6.60. The molecule has 0 unspecified atom stereocenters. The van der Waals surface area contributed by atoms with E-state index in [2.05, 4.69) is 0 Å². The first-order valence-electron chi connectivity index (χ1n) is 7.81. The van der Waals surface area contributed by atoms with E-state index in [0.29, 0.717) is 20.6 Å². The van der Waals surface area contributed by atoms with E-state index in [0.717, 1.165) is 5.56 Å². The number of primary amides is 1. The third-order valence-corrected chi connectivity index (χ3v) is 4.26. The zero-order valence-electron chi connectivity index (χ0n) is 14.7. The van der Waals surface area contributed by atoms with Gasteiger partial charge in [-0.1, -0.05) is 12.1 Å². The van der Waals surface area contributed by atoms with Gasteiger partial charge in [0, 0.05) is 0 Å². The molecule has 0 aliphatic heterocycles.